The Morgan fingerprint density at radius 2 is 1.94 bits per heavy atom. The zero-order chi connectivity index (χ0) is 12.8. The van der Waals surface area contributed by atoms with E-state index in [9.17, 15) is 5.11 Å². The van der Waals surface area contributed by atoms with Crippen molar-refractivity contribution in [2.45, 2.75) is 12.7 Å². The van der Waals surface area contributed by atoms with Gasteiger partial charge in [-0.3, -0.25) is 0 Å². The van der Waals surface area contributed by atoms with Gasteiger partial charge < -0.3 is 29.7 Å². The Labute approximate surface area is 95.2 Å². The molecule has 0 aromatic heterocycles. The highest BCUT2D eigenvalue weighted by molar-refractivity contribution is 5.27. The monoisotopic (exact) mass is 252 g/mol. The molecule has 1 unspecified atom stereocenters. The predicted octanol–water partition coefficient (Wildman–Crippen LogP) is 0.218. The molecule has 17 heavy (non-hydrogen) atoms. The summed E-state index contributed by atoms with van der Waals surface area (Å²) in [6, 6.07) is 0. The van der Waals surface area contributed by atoms with Crippen LogP contribution in [0.4, 0.5) is 0 Å². The Bertz CT molecular complexity index is 321. The second-order valence-corrected chi connectivity index (χ2v) is 2.92. The Kier molecular flexibility index (Phi) is 4.84. The minimum Gasteiger partial charge on any atom is -0.499 e. The number of ether oxygens (including phenoxy) is 2. The first kappa shape index (κ1) is 13.4. The van der Waals surface area contributed by atoms with E-state index in [0.717, 1.165) is 0 Å². The third kappa shape index (κ3) is 2.91. The Balaban J connectivity index is 2.91. The van der Waals surface area contributed by atoms with Crippen LogP contribution < -0.4 is 0 Å². The Morgan fingerprint density at radius 1 is 1.24 bits per heavy atom. The summed E-state index contributed by atoms with van der Waals surface area (Å²) in [6.07, 6.45) is -1.44. The van der Waals surface area contributed by atoms with Gasteiger partial charge in [-0.05, 0) is 0 Å². The average Bonchev–Trinajstić information content (AvgIpc) is 2.34. The fourth-order valence-corrected chi connectivity index (χ4v) is 1.06. The van der Waals surface area contributed by atoms with Crippen LogP contribution in [0.2, 0.25) is 0 Å². The highest BCUT2D eigenvalue weighted by Crippen LogP contribution is 2.28. The maximum absolute atomic E-state index is 9.38. The molecular formula is C8H12O9. The van der Waals surface area contributed by atoms with Crippen molar-refractivity contribution < 1.29 is 45.1 Å². The third-order valence-electron chi connectivity index (χ3n) is 1.82. The molecule has 0 aromatic rings. The first-order valence-electron chi connectivity index (χ1n) is 4.54. The summed E-state index contributed by atoms with van der Waals surface area (Å²) in [7, 11) is 0. The van der Waals surface area contributed by atoms with Crippen molar-refractivity contribution >= 4 is 0 Å². The predicted molar refractivity (Wildman–Crippen MR) is 49.3 cm³/mol. The fourth-order valence-electron chi connectivity index (χ4n) is 1.06. The highest BCUT2D eigenvalue weighted by Gasteiger charge is 2.36. The van der Waals surface area contributed by atoms with Crippen LogP contribution in [0.1, 0.15) is 6.42 Å². The molecule has 9 heteroatoms. The smallest absolute Gasteiger partial charge is 0.327 e. The summed E-state index contributed by atoms with van der Waals surface area (Å²) in [5.74, 6) is -2.85. The lowest BCUT2D eigenvalue weighted by atomic mass is 10.3. The van der Waals surface area contributed by atoms with Gasteiger partial charge in [0.05, 0.1) is 6.61 Å². The molecule has 0 saturated carbocycles. The summed E-state index contributed by atoms with van der Waals surface area (Å²) in [4.78, 5) is 7.58. The van der Waals surface area contributed by atoms with Gasteiger partial charge in [0.15, 0.2) is 0 Å². The van der Waals surface area contributed by atoms with E-state index >= 15 is 0 Å². The average molecular weight is 252 g/mol. The maximum atomic E-state index is 9.38. The second kappa shape index (κ2) is 6.15. The third-order valence-corrected chi connectivity index (χ3v) is 1.82. The van der Waals surface area contributed by atoms with E-state index in [1.807, 2.05) is 0 Å². The molecule has 0 aromatic carbocycles. The van der Waals surface area contributed by atoms with Gasteiger partial charge in [-0.2, -0.15) is 4.89 Å². The molecular weight excluding hydrogens is 240 g/mol. The van der Waals surface area contributed by atoms with E-state index in [-0.39, 0.29) is 19.6 Å². The van der Waals surface area contributed by atoms with Gasteiger partial charge in [-0.1, -0.05) is 0 Å². The van der Waals surface area contributed by atoms with Crippen LogP contribution in [0.3, 0.4) is 0 Å². The van der Waals surface area contributed by atoms with Crippen molar-refractivity contribution in [3.63, 3.8) is 0 Å². The standard InChI is InChI=1S/C8H12O9/c9-2-1-3-14-5-4(10)7(11)15-8(17-13)6(5)16-12/h8-13H,1-3H2. The van der Waals surface area contributed by atoms with E-state index in [0.29, 0.717) is 0 Å². The van der Waals surface area contributed by atoms with Crippen LogP contribution in [-0.2, 0) is 19.2 Å². The van der Waals surface area contributed by atoms with Gasteiger partial charge in [-0.25, -0.2) is 10.5 Å². The molecule has 1 aliphatic heterocycles. The van der Waals surface area contributed by atoms with E-state index in [2.05, 4.69) is 14.5 Å². The second-order valence-electron chi connectivity index (χ2n) is 2.92. The van der Waals surface area contributed by atoms with Gasteiger partial charge in [-0.15, -0.1) is 0 Å². The van der Waals surface area contributed by atoms with E-state index in [4.69, 9.17) is 25.5 Å². The maximum Gasteiger partial charge on any atom is 0.327 e. The quantitative estimate of drug-likeness (QED) is 0.255. The summed E-state index contributed by atoms with van der Waals surface area (Å²) in [6.45, 7) is -0.191. The topological polar surface area (TPSA) is 138 Å². The van der Waals surface area contributed by atoms with Crippen molar-refractivity contribution in [3.05, 3.63) is 23.2 Å². The Morgan fingerprint density at radius 3 is 2.47 bits per heavy atom. The van der Waals surface area contributed by atoms with Gasteiger partial charge >= 0.3 is 5.95 Å². The number of rotatable bonds is 6. The molecule has 0 fully saturated rings. The van der Waals surface area contributed by atoms with Crippen molar-refractivity contribution in [1.29, 1.82) is 0 Å². The van der Waals surface area contributed by atoms with Gasteiger partial charge in [0.2, 0.25) is 11.5 Å². The first-order valence-corrected chi connectivity index (χ1v) is 4.54. The van der Waals surface area contributed by atoms with Gasteiger partial charge in [0.25, 0.3) is 12.0 Å². The molecule has 1 aliphatic rings. The molecule has 1 atom stereocenters. The molecule has 9 nitrogen and oxygen atoms in total. The van der Waals surface area contributed by atoms with E-state index in [1.165, 1.54) is 0 Å². The molecule has 0 bridgehead atoms. The normalized spacial score (nSPS) is 20.3. The molecule has 0 radical (unpaired) electrons. The zero-order valence-electron chi connectivity index (χ0n) is 8.57. The summed E-state index contributed by atoms with van der Waals surface area (Å²) in [5.41, 5.74) is 0. The first-order chi connectivity index (χ1) is 8.15. The van der Waals surface area contributed by atoms with Crippen molar-refractivity contribution in [1.82, 2.24) is 0 Å². The molecule has 0 aliphatic carbocycles. The number of hydrogen-bond acceptors (Lipinski definition) is 9. The van der Waals surface area contributed by atoms with Gasteiger partial charge in [0.1, 0.15) is 0 Å². The van der Waals surface area contributed by atoms with Crippen LogP contribution in [0, 0.1) is 0 Å². The lowest BCUT2D eigenvalue weighted by molar-refractivity contribution is -0.360. The lowest BCUT2D eigenvalue weighted by Crippen LogP contribution is -2.27. The molecule has 1 rings (SSSR count). The van der Waals surface area contributed by atoms with E-state index in [1.54, 1.807) is 0 Å². The lowest BCUT2D eigenvalue weighted by Gasteiger charge is -2.23. The SMILES string of the molecule is OCCCOC1=C(OO)C(OO)OC(O)=C1O. The van der Waals surface area contributed by atoms with Gasteiger partial charge in [0, 0.05) is 13.0 Å². The minimum atomic E-state index is -1.68. The fraction of sp³-hybridized carbons (Fsp3) is 0.500. The van der Waals surface area contributed by atoms with Crippen LogP contribution in [0.5, 0.6) is 0 Å². The van der Waals surface area contributed by atoms with Crippen LogP contribution in [-0.4, -0.2) is 45.3 Å². The molecule has 98 valence electrons. The number of aliphatic hydroxyl groups excluding tert-OH is 3. The van der Waals surface area contributed by atoms with Crippen LogP contribution in [0.25, 0.3) is 0 Å². The summed E-state index contributed by atoms with van der Waals surface area (Å²) in [5, 5.41) is 44.0. The highest BCUT2D eigenvalue weighted by atomic mass is 17.2. The molecule has 0 spiro atoms. The van der Waals surface area contributed by atoms with Crippen molar-refractivity contribution in [2.75, 3.05) is 13.2 Å². The largest absolute Gasteiger partial charge is 0.499 e. The minimum absolute atomic E-state index is 0.0335. The zero-order valence-corrected chi connectivity index (χ0v) is 8.57. The molecule has 1 heterocycles. The Hall–Kier alpha value is -1.68. The number of aliphatic hydroxyl groups is 3. The van der Waals surface area contributed by atoms with E-state index < -0.39 is 29.5 Å². The van der Waals surface area contributed by atoms with Crippen LogP contribution in [0.15, 0.2) is 23.2 Å². The summed E-state index contributed by atoms with van der Waals surface area (Å²) >= 11 is 0. The number of hydrogen-bond donors (Lipinski definition) is 5. The van der Waals surface area contributed by atoms with Crippen molar-refractivity contribution in [3.8, 4) is 0 Å². The van der Waals surface area contributed by atoms with Crippen LogP contribution >= 0.6 is 0 Å². The molecule has 5 N–H and O–H groups in total. The molecule has 0 amide bonds. The van der Waals surface area contributed by atoms with Crippen molar-refractivity contribution in [2.24, 2.45) is 0 Å². The summed E-state index contributed by atoms with van der Waals surface area (Å²) < 4.78 is 9.37. The molecule has 0 saturated heterocycles.